The Labute approximate surface area is 143 Å². The number of ether oxygens (including phenoxy) is 1. The number of hydrogen-bond donors (Lipinski definition) is 0. The first-order valence-electron chi connectivity index (χ1n) is 8.36. The molecule has 24 heavy (non-hydrogen) atoms. The van der Waals surface area contributed by atoms with Crippen molar-refractivity contribution >= 4 is 17.9 Å². The van der Waals surface area contributed by atoms with E-state index in [0.29, 0.717) is 5.92 Å². The standard InChI is InChI=1S/C22H22O2/c1-24-20-12-13-21-19(16-20)11-10-18(22(21)14-15-23)9-5-8-17-6-3-2-4-7-17/h2-8,12-16,18H,9-11H2,1H3/b8-5+,22-14+. The van der Waals surface area contributed by atoms with Gasteiger partial charge in [0.2, 0.25) is 0 Å². The summed E-state index contributed by atoms with van der Waals surface area (Å²) >= 11 is 0. The molecule has 0 aliphatic heterocycles. The van der Waals surface area contributed by atoms with E-state index in [2.05, 4.69) is 36.4 Å². The first-order valence-corrected chi connectivity index (χ1v) is 8.36. The van der Waals surface area contributed by atoms with Gasteiger partial charge in [-0.3, -0.25) is 4.79 Å². The van der Waals surface area contributed by atoms with Crippen molar-refractivity contribution in [3.8, 4) is 5.75 Å². The normalized spacial score (nSPS) is 18.5. The van der Waals surface area contributed by atoms with Crippen LogP contribution in [0.4, 0.5) is 0 Å². The summed E-state index contributed by atoms with van der Waals surface area (Å²) in [6.07, 6.45) is 10.0. The molecule has 0 amide bonds. The molecule has 0 fully saturated rings. The van der Waals surface area contributed by atoms with Crippen LogP contribution in [-0.2, 0) is 11.2 Å². The number of carbonyl (C=O) groups is 1. The lowest BCUT2D eigenvalue weighted by molar-refractivity contribution is -0.104. The van der Waals surface area contributed by atoms with Gasteiger partial charge in [-0.2, -0.15) is 0 Å². The number of carbonyl (C=O) groups excluding carboxylic acids is 1. The maximum atomic E-state index is 11.1. The molecule has 2 nitrogen and oxygen atoms in total. The third kappa shape index (κ3) is 3.65. The number of aldehydes is 1. The van der Waals surface area contributed by atoms with E-state index in [1.54, 1.807) is 13.2 Å². The minimum absolute atomic E-state index is 0.385. The Morgan fingerprint density at radius 2 is 2.00 bits per heavy atom. The zero-order valence-electron chi connectivity index (χ0n) is 13.9. The molecule has 2 heteroatoms. The third-order valence-corrected chi connectivity index (χ3v) is 4.60. The average Bonchev–Trinajstić information content (AvgIpc) is 2.64. The minimum Gasteiger partial charge on any atom is -0.497 e. The van der Waals surface area contributed by atoms with Gasteiger partial charge < -0.3 is 4.74 Å². The maximum Gasteiger partial charge on any atom is 0.143 e. The SMILES string of the molecule is COc1ccc2c(c1)CCC(C/C=C/c1ccccc1)/C2=C\C=O. The molecule has 1 unspecified atom stereocenters. The molecule has 1 aliphatic carbocycles. The van der Waals surface area contributed by atoms with E-state index < -0.39 is 0 Å². The molecule has 0 heterocycles. The number of aryl methyl sites for hydroxylation is 1. The molecule has 2 aromatic carbocycles. The highest BCUT2D eigenvalue weighted by Crippen LogP contribution is 2.38. The lowest BCUT2D eigenvalue weighted by atomic mass is 9.77. The lowest BCUT2D eigenvalue weighted by Crippen LogP contribution is -2.13. The molecule has 3 rings (SSSR count). The van der Waals surface area contributed by atoms with Gasteiger partial charge in [0.1, 0.15) is 12.0 Å². The van der Waals surface area contributed by atoms with Crippen molar-refractivity contribution in [2.75, 3.05) is 7.11 Å². The summed E-state index contributed by atoms with van der Waals surface area (Å²) in [5.41, 5.74) is 4.81. The van der Waals surface area contributed by atoms with Crippen LogP contribution in [-0.4, -0.2) is 13.4 Å². The van der Waals surface area contributed by atoms with E-state index in [9.17, 15) is 4.79 Å². The molecule has 0 aromatic heterocycles. The van der Waals surface area contributed by atoms with Crippen LogP contribution in [0, 0.1) is 5.92 Å². The van der Waals surface area contributed by atoms with Crippen molar-refractivity contribution in [2.24, 2.45) is 5.92 Å². The predicted molar refractivity (Wildman–Crippen MR) is 98.9 cm³/mol. The van der Waals surface area contributed by atoms with Gasteiger partial charge >= 0.3 is 0 Å². The van der Waals surface area contributed by atoms with E-state index in [-0.39, 0.29) is 0 Å². The van der Waals surface area contributed by atoms with Crippen molar-refractivity contribution in [1.29, 1.82) is 0 Å². The largest absolute Gasteiger partial charge is 0.497 e. The fourth-order valence-electron chi connectivity index (χ4n) is 3.37. The molecule has 0 N–H and O–H groups in total. The number of allylic oxidation sites excluding steroid dienone is 3. The summed E-state index contributed by atoms with van der Waals surface area (Å²) < 4.78 is 5.32. The molecule has 1 atom stereocenters. The Hall–Kier alpha value is -2.61. The molecule has 0 spiro atoms. The molecular weight excluding hydrogens is 296 g/mol. The summed E-state index contributed by atoms with van der Waals surface area (Å²) in [7, 11) is 1.68. The van der Waals surface area contributed by atoms with Gasteiger partial charge in [-0.05, 0) is 65.7 Å². The number of rotatable bonds is 5. The fourth-order valence-corrected chi connectivity index (χ4v) is 3.37. The van der Waals surface area contributed by atoms with Crippen LogP contribution in [0.25, 0.3) is 11.6 Å². The first-order chi connectivity index (χ1) is 11.8. The van der Waals surface area contributed by atoms with E-state index in [1.165, 1.54) is 16.7 Å². The van der Waals surface area contributed by atoms with Gasteiger partial charge in [0.15, 0.2) is 0 Å². The number of fused-ring (bicyclic) bond motifs is 1. The van der Waals surface area contributed by atoms with Crippen LogP contribution in [0.1, 0.15) is 29.5 Å². The third-order valence-electron chi connectivity index (χ3n) is 4.60. The van der Waals surface area contributed by atoms with Crippen molar-refractivity contribution in [3.63, 3.8) is 0 Å². The van der Waals surface area contributed by atoms with Gasteiger partial charge in [0, 0.05) is 0 Å². The predicted octanol–water partition coefficient (Wildman–Crippen LogP) is 4.94. The fraction of sp³-hybridized carbons (Fsp3) is 0.227. The van der Waals surface area contributed by atoms with Gasteiger partial charge in [-0.1, -0.05) is 48.6 Å². The second-order valence-electron chi connectivity index (χ2n) is 6.07. The molecule has 1 aliphatic rings. The Kier molecular flexibility index (Phi) is 5.27. The summed E-state index contributed by atoms with van der Waals surface area (Å²) in [6.45, 7) is 0. The Bertz CT molecular complexity index is 757. The van der Waals surface area contributed by atoms with Crippen LogP contribution in [0.2, 0.25) is 0 Å². The Morgan fingerprint density at radius 3 is 2.75 bits per heavy atom. The topological polar surface area (TPSA) is 26.3 Å². The van der Waals surface area contributed by atoms with Crippen LogP contribution in [0.5, 0.6) is 5.75 Å². The van der Waals surface area contributed by atoms with Crippen molar-refractivity contribution < 1.29 is 9.53 Å². The minimum atomic E-state index is 0.385. The van der Waals surface area contributed by atoms with Crippen molar-refractivity contribution in [2.45, 2.75) is 19.3 Å². The first kappa shape index (κ1) is 16.3. The molecule has 0 bridgehead atoms. The van der Waals surface area contributed by atoms with Gasteiger partial charge in [-0.15, -0.1) is 0 Å². The summed E-state index contributed by atoms with van der Waals surface area (Å²) in [6, 6.07) is 16.4. The monoisotopic (exact) mass is 318 g/mol. The highest BCUT2D eigenvalue weighted by molar-refractivity contribution is 5.84. The van der Waals surface area contributed by atoms with Crippen molar-refractivity contribution in [1.82, 2.24) is 0 Å². The van der Waals surface area contributed by atoms with Crippen molar-refractivity contribution in [3.05, 3.63) is 77.4 Å². The smallest absolute Gasteiger partial charge is 0.143 e. The molecule has 122 valence electrons. The van der Waals surface area contributed by atoms with Gasteiger partial charge in [-0.25, -0.2) is 0 Å². The molecule has 2 aromatic rings. The average molecular weight is 318 g/mol. The highest BCUT2D eigenvalue weighted by Gasteiger charge is 2.23. The molecule has 0 radical (unpaired) electrons. The van der Waals surface area contributed by atoms with Gasteiger partial charge in [0.05, 0.1) is 7.11 Å². The van der Waals surface area contributed by atoms with Crippen LogP contribution in [0.3, 0.4) is 0 Å². The molecule has 0 saturated carbocycles. The molecule has 0 saturated heterocycles. The van der Waals surface area contributed by atoms with E-state index >= 15 is 0 Å². The van der Waals surface area contributed by atoms with E-state index in [1.807, 2.05) is 24.3 Å². The second-order valence-corrected chi connectivity index (χ2v) is 6.07. The summed E-state index contributed by atoms with van der Waals surface area (Å²) in [5, 5.41) is 0. The lowest BCUT2D eigenvalue weighted by Gasteiger charge is -2.27. The highest BCUT2D eigenvalue weighted by atomic mass is 16.5. The van der Waals surface area contributed by atoms with E-state index in [0.717, 1.165) is 36.9 Å². The number of benzene rings is 2. The van der Waals surface area contributed by atoms with Crippen LogP contribution >= 0.6 is 0 Å². The van der Waals surface area contributed by atoms with Crippen LogP contribution in [0.15, 0.2) is 60.7 Å². The van der Waals surface area contributed by atoms with E-state index in [4.69, 9.17) is 4.74 Å². The Morgan fingerprint density at radius 1 is 1.17 bits per heavy atom. The van der Waals surface area contributed by atoms with Gasteiger partial charge in [0.25, 0.3) is 0 Å². The quantitative estimate of drug-likeness (QED) is 0.576. The second kappa shape index (κ2) is 7.78. The maximum absolute atomic E-state index is 11.1. The molecular formula is C22H22O2. The zero-order chi connectivity index (χ0) is 16.8. The van der Waals surface area contributed by atoms with Crippen LogP contribution < -0.4 is 4.74 Å². The number of hydrogen-bond acceptors (Lipinski definition) is 2. The zero-order valence-corrected chi connectivity index (χ0v) is 13.9. The summed E-state index contributed by atoms with van der Waals surface area (Å²) in [5.74, 6) is 1.26. The Balaban J connectivity index is 1.80. The number of methoxy groups -OCH3 is 1. The summed E-state index contributed by atoms with van der Waals surface area (Å²) in [4.78, 5) is 11.1.